The maximum absolute atomic E-state index is 12.6. The van der Waals surface area contributed by atoms with Crippen molar-refractivity contribution in [3.05, 3.63) is 74.6 Å². The number of hydrogen-bond donors (Lipinski definition) is 1. The number of carbonyl (C=O) groups is 1. The van der Waals surface area contributed by atoms with Crippen LogP contribution < -0.4 is 4.74 Å². The van der Waals surface area contributed by atoms with Crippen molar-refractivity contribution in [3.63, 3.8) is 0 Å². The highest BCUT2D eigenvalue weighted by molar-refractivity contribution is 7.85. The molecular weight excluding hydrogens is 571 g/mol. The molecule has 1 aromatic carbocycles. The van der Waals surface area contributed by atoms with E-state index in [4.69, 9.17) is 13.7 Å². The Bertz CT molecular complexity index is 1250. The van der Waals surface area contributed by atoms with Crippen molar-refractivity contribution < 1.29 is 32.0 Å². The zero-order valence-electron chi connectivity index (χ0n) is 22.9. The normalized spacial score (nSPS) is 18.2. The number of benzene rings is 1. The molecule has 1 aliphatic carbocycles. The summed E-state index contributed by atoms with van der Waals surface area (Å²) < 4.78 is 39.3. The van der Waals surface area contributed by atoms with E-state index in [0.29, 0.717) is 28.8 Å². The summed E-state index contributed by atoms with van der Waals surface area (Å²) in [4.78, 5) is 16.4. The molecule has 2 heterocycles. The minimum absolute atomic E-state index is 0.116. The summed E-state index contributed by atoms with van der Waals surface area (Å²) in [6.45, 7) is 1.63. The molecule has 0 bridgehead atoms. The quantitative estimate of drug-likeness (QED) is 0.181. The van der Waals surface area contributed by atoms with E-state index in [2.05, 4.69) is 11.9 Å². The topological polar surface area (TPSA) is 102 Å². The van der Waals surface area contributed by atoms with Crippen LogP contribution in [-0.4, -0.2) is 69.6 Å². The molecule has 1 fully saturated rings. The van der Waals surface area contributed by atoms with Crippen molar-refractivity contribution in [2.45, 2.75) is 56.3 Å². The van der Waals surface area contributed by atoms with Crippen LogP contribution in [0, 0.1) is 0 Å². The number of ether oxygens (including phenoxy) is 2. The van der Waals surface area contributed by atoms with Crippen molar-refractivity contribution in [2.75, 3.05) is 33.1 Å². The van der Waals surface area contributed by atoms with E-state index in [1.165, 1.54) is 22.7 Å². The molecule has 0 amide bonds. The molecule has 2 aromatic heterocycles. The molecule has 0 unspecified atom stereocenters. The van der Waals surface area contributed by atoms with E-state index < -0.39 is 21.7 Å². The predicted octanol–water partition coefficient (Wildman–Crippen LogP) is 5.39. The van der Waals surface area contributed by atoms with Crippen LogP contribution in [0.5, 0.6) is 5.75 Å². The lowest BCUT2D eigenvalue weighted by Crippen LogP contribution is -2.44. The second-order valence-corrected chi connectivity index (χ2v) is 13.6. The largest absolute Gasteiger partial charge is 0.494 e. The summed E-state index contributed by atoms with van der Waals surface area (Å²) >= 11 is 2.84. The van der Waals surface area contributed by atoms with E-state index in [1.54, 1.807) is 0 Å². The fourth-order valence-electron chi connectivity index (χ4n) is 5.06. The van der Waals surface area contributed by atoms with E-state index in [9.17, 15) is 18.3 Å². The molecule has 11 heteroatoms. The SMILES string of the molecule is CN(CCCOc1ccc(CCOS(C)(=O)=O)cc1)[C@H]1CC[C@H](OC(C(=O)O)(c2cccs2)c2cccs2)CC1. The van der Waals surface area contributed by atoms with E-state index in [0.717, 1.165) is 56.2 Å². The van der Waals surface area contributed by atoms with Crippen molar-refractivity contribution in [3.8, 4) is 5.75 Å². The molecule has 1 saturated carbocycles. The minimum Gasteiger partial charge on any atom is -0.494 e. The first-order valence-electron chi connectivity index (χ1n) is 13.4. The third-order valence-electron chi connectivity index (χ3n) is 7.18. The van der Waals surface area contributed by atoms with Gasteiger partial charge in [0.2, 0.25) is 5.60 Å². The second kappa shape index (κ2) is 14.1. The first-order chi connectivity index (χ1) is 19.2. The van der Waals surface area contributed by atoms with E-state index >= 15 is 0 Å². The smallest absolute Gasteiger partial charge is 0.347 e. The molecule has 0 aliphatic heterocycles. The van der Waals surface area contributed by atoms with Crippen molar-refractivity contribution in [1.82, 2.24) is 4.90 Å². The van der Waals surface area contributed by atoms with Gasteiger partial charge in [0.1, 0.15) is 5.75 Å². The van der Waals surface area contributed by atoms with Crippen LogP contribution in [0.15, 0.2) is 59.3 Å². The van der Waals surface area contributed by atoms with E-state index in [1.807, 2.05) is 59.3 Å². The first kappa shape index (κ1) is 30.7. The number of thiophene rings is 2. The lowest BCUT2D eigenvalue weighted by atomic mass is 9.90. The van der Waals surface area contributed by atoms with Crippen molar-refractivity contribution in [2.24, 2.45) is 0 Å². The van der Waals surface area contributed by atoms with Gasteiger partial charge in [0.25, 0.3) is 10.1 Å². The first-order valence-corrected chi connectivity index (χ1v) is 17.0. The number of aliphatic carboxylic acids is 1. The zero-order chi connectivity index (χ0) is 28.6. The average molecular weight is 608 g/mol. The standard InChI is InChI=1S/C29H37NO7S3/c1-30(17-5-18-35-24-12-8-22(9-13-24)16-19-36-40(2,33)34)23-10-14-25(15-11-23)37-29(28(31)32,26-6-3-20-38-26)27-7-4-21-39-27/h3-4,6-9,12-13,20-21,23,25H,5,10-11,14-19H2,1-2H3,(H,31,32)/t23-,25-. The molecule has 0 radical (unpaired) electrons. The summed E-state index contributed by atoms with van der Waals surface area (Å²) in [5, 5.41) is 14.2. The number of carboxylic acids is 1. The maximum Gasteiger partial charge on any atom is 0.347 e. The Kier molecular flexibility index (Phi) is 10.8. The molecule has 1 aliphatic rings. The molecule has 0 atom stereocenters. The van der Waals surface area contributed by atoms with Gasteiger partial charge in [-0.05, 0) is 86.2 Å². The van der Waals surface area contributed by atoms with Crippen LogP contribution >= 0.6 is 22.7 Å². The van der Waals surface area contributed by atoms with E-state index in [-0.39, 0.29) is 12.7 Å². The number of carboxylic acid groups (broad SMARTS) is 1. The highest BCUT2D eigenvalue weighted by Gasteiger charge is 2.48. The van der Waals surface area contributed by atoms with Crippen molar-refractivity contribution >= 4 is 38.8 Å². The summed E-state index contributed by atoms with van der Waals surface area (Å²) in [6, 6.07) is 15.5. The average Bonchev–Trinajstić information content (AvgIpc) is 3.66. The van der Waals surface area contributed by atoms with Crippen molar-refractivity contribution in [1.29, 1.82) is 0 Å². The van der Waals surface area contributed by atoms with Crippen LogP contribution in [0.4, 0.5) is 0 Å². The fourth-order valence-corrected chi connectivity index (χ4v) is 7.26. The Morgan fingerprint density at radius 3 is 2.15 bits per heavy atom. The highest BCUT2D eigenvalue weighted by Crippen LogP contribution is 2.42. The molecule has 1 N–H and O–H groups in total. The Hall–Kier alpha value is -2.28. The third kappa shape index (κ3) is 8.14. The van der Waals surface area contributed by atoms with Gasteiger partial charge < -0.3 is 19.5 Å². The fraction of sp³-hybridized carbons (Fsp3) is 0.483. The molecule has 0 spiro atoms. The molecule has 40 heavy (non-hydrogen) atoms. The number of hydrogen-bond acceptors (Lipinski definition) is 9. The molecule has 4 rings (SSSR count). The van der Waals surface area contributed by atoms with Gasteiger partial charge in [-0.1, -0.05) is 24.3 Å². The molecule has 218 valence electrons. The Morgan fingerprint density at radius 2 is 1.62 bits per heavy atom. The zero-order valence-corrected chi connectivity index (χ0v) is 25.3. The Labute approximate surface area is 244 Å². The van der Waals surface area contributed by atoms with Crippen LogP contribution in [-0.2, 0) is 35.9 Å². The van der Waals surface area contributed by atoms with Crippen LogP contribution in [0.1, 0.15) is 47.4 Å². The summed E-state index contributed by atoms with van der Waals surface area (Å²) in [5.74, 6) is -0.182. The monoisotopic (exact) mass is 607 g/mol. The third-order valence-corrected chi connectivity index (χ3v) is 9.72. The molecular formula is C29H37NO7S3. The van der Waals surface area contributed by atoms with Gasteiger partial charge in [-0.25, -0.2) is 4.79 Å². The van der Waals surface area contributed by atoms with Gasteiger partial charge >= 0.3 is 5.97 Å². The second-order valence-electron chi connectivity index (χ2n) is 10.1. The summed E-state index contributed by atoms with van der Waals surface area (Å²) in [6.07, 6.45) is 5.88. The number of nitrogens with zero attached hydrogens (tertiary/aromatic N) is 1. The van der Waals surface area contributed by atoms with Gasteiger partial charge in [0.15, 0.2) is 0 Å². The lowest BCUT2D eigenvalue weighted by molar-refractivity contribution is -0.170. The molecule has 3 aromatic rings. The van der Waals surface area contributed by atoms with Gasteiger partial charge in [0, 0.05) is 12.6 Å². The van der Waals surface area contributed by atoms with Gasteiger partial charge in [0.05, 0.1) is 35.3 Å². The number of rotatable bonds is 15. The predicted molar refractivity (Wildman–Crippen MR) is 158 cm³/mol. The van der Waals surface area contributed by atoms with Gasteiger partial charge in [-0.2, -0.15) is 8.42 Å². The summed E-state index contributed by atoms with van der Waals surface area (Å²) in [7, 11) is -1.28. The highest BCUT2D eigenvalue weighted by atomic mass is 32.2. The van der Waals surface area contributed by atoms with Crippen LogP contribution in [0.2, 0.25) is 0 Å². The van der Waals surface area contributed by atoms with Crippen LogP contribution in [0.25, 0.3) is 0 Å². The lowest BCUT2D eigenvalue weighted by Gasteiger charge is -2.38. The molecule has 0 saturated heterocycles. The molecule has 8 nitrogen and oxygen atoms in total. The summed E-state index contributed by atoms with van der Waals surface area (Å²) in [5.41, 5.74) is -0.465. The Morgan fingerprint density at radius 1 is 1.00 bits per heavy atom. The minimum atomic E-state index is -3.42. The van der Waals surface area contributed by atoms with Gasteiger partial charge in [-0.15, -0.1) is 22.7 Å². The Balaban J connectivity index is 1.20. The maximum atomic E-state index is 12.6. The van der Waals surface area contributed by atoms with Gasteiger partial charge in [-0.3, -0.25) is 4.18 Å². The van der Waals surface area contributed by atoms with Crippen LogP contribution in [0.3, 0.4) is 0 Å².